The van der Waals surface area contributed by atoms with Gasteiger partial charge < -0.3 is 10.2 Å². The Morgan fingerprint density at radius 1 is 1.35 bits per heavy atom. The highest BCUT2D eigenvalue weighted by Crippen LogP contribution is 2.35. The Hall–Kier alpha value is -1.43. The zero-order valence-corrected chi connectivity index (χ0v) is 14.9. The van der Waals surface area contributed by atoms with Gasteiger partial charge in [0.2, 0.25) is 11.8 Å². The third-order valence-corrected chi connectivity index (χ3v) is 5.60. The lowest BCUT2D eigenvalue weighted by atomic mass is 9.93. The van der Waals surface area contributed by atoms with Gasteiger partial charge in [0, 0.05) is 23.8 Å². The topological polar surface area (TPSA) is 62.3 Å². The Morgan fingerprint density at radius 2 is 2.13 bits per heavy atom. The number of nitrogens with one attached hydrogen (secondary N) is 1. The highest BCUT2D eigenvalue weighted by atomic mass is 32.1. The SMILES string of the molecule is CC(C)(C)c1csc([C@H]2CCCCN2C(=O)[C@@H]2CCC(=O)N2)n1. The van der Waals surface area contributed by atoms with Gasteiger partial charge in [0.05, 0.1) is 11.7 Å². The molecule has 0 aliphatic carbocycles. The molecule has 126 valence electrons. The van der Waals surface area contributed by atoms with Crippen LogP contribution in [-0.2, 0) is 15.0 Å². The molecule has 1 aromatic heterocycles. The van der Waals surface area contributed by atoms with Crippen LogP contribution in [0.2, 0.25) is 0 Å². The molecule has 1 aromatic rings. The van der Waals surface area contributed by atoms with E-state index in [1.165, 1.54) is 0 Å². The van der Waals surface area contributed by atoms with Crippen LogP contribution in [-0.4, -0.2) is 34.3 Å². The number of likely N-dealkylation sites (tertiary alicyclic amines) is 1. The summed E-state index contributed by atoms with van der Waals surface area (Å²) in [6.45, 7) is 7.23. The third-order valence-electron chi connectivity index (χ3n) is 4.65. The summed E-state index contributed by atoms with van der Waals surface area (Å²) in [5.74, 6) is 0.0502. The normalized spacial score (nSPS) is 25.5. The number of piperidine rings is 1. The van der Waals surface area contributed by atoms with Gasteiger partial charge >= 0.3 is 0 Å². The molecule has 23 heavy (non-hydrogen) atoms. The number of amides is 2. The number of thiazole rings is 1. The number of carbonyl (C=O) groups is 2. The van der Waals surface area contributed by atoms with Crippen LogP contribution in [0.25, 0.3) is 0 Å². The first-order valence-corrected chi connectivity index (χ1v) is 9.30. The average Bonchev–Trinajstić information content (AvgIpc) is 3.15. The van der Waals surface area contributed by atoms with Gasteiger partial charge in [-0.1, -0.05) is 20.8 Å². The van der Waals surface area contributed by atoms with Crippen LogP contribution in [0, 0.1) is 0 Å². The van der Waals surface area contributed by atoms with E-state index in [0.29, 0.717) is 12.8 Å². The van der Waals surface area contributed by atoms with Crippen molar-refractivity contribution in [1.82, 2.24) is 15.2 Å². The Labute approximate surface area is 141 Å². The molecule has 2 aliphatic rings. The Morgan fingerprint density at radius 3 is 2.74 bits per heavy atom. The second kappa shape index (κ2) is 6.23. The lowest BCUT2D eigenvalue weighted by molar-refractivity contribution is -0.138. The van der Waals surface area contributed by atoms with E-state index in [4.69, 9.17) is 4.98 Å². The summed E-state index contributed by atoms with van der Waals surface area (Å²) in [5.41, 5.74) is 1.11. The van der Waals surface area contributed by atoms with Crippen LogP contribution in [0.3, 0.4) is 0 Å². The van der Waals surface area contributed by atoms with Crippen LogP contribution >= 0.6 is 11.3 Å². The number of carbonyl (C=O) groups excluding carboxylic acids is 2. The lowest BCUT2D eigenvalue weighted by Gasteiger charge is -2.36. The summed E-state index contributed by atoms with van der Waals surface area (Å²) in [6.07, 6.45) is 4.19. The maximum atomic E-state index is 12.8. The first-order chi connectivity index (χ1) is 10.9. The molecule has 0 aromatic carbocycles. The summed E-state index contributed by atoms with van der Waals surface area (Å²) in [7, 11) is 0. The van der Waals surface area contributed by atoms with E-state index >= 15 is 0 Å². The molecule has 6 heteroatoms. The second-order valence-electron chi connectivity index (χ2n) is 7.52. The van der Waals surface area contributed by atoms with Crippen molar-refractivity contribution in [3.8, 4) is 0 Å². The molecule has 3 rings (SSSR count). The first kappa shape index (κ1) is 16.4. The quantitative estimate of drug-likeness (QED) is 0.904. The number of aromatic nitrogens is 1. The summed E-state index contributed by atoms with van der Waals surface area (Å²) >= 11 is 1.65. The maximum absolute atomic E-state index is 12.8. The fourth-order valence-corrected chi connectivity index (χ4v) is 4.43. The van der Waals surface area contributed by atoms with E-state index in [-0.39, 0.29) is 29.3 Å². The van der Waals surface area contributed by atoms with Gasteiger partial charge in [-0.05, 0) is 25.7 Å². The molecule has 2 aliphatic heterocycles. The average molecular weight is 335 g/mol. The second-order valence-corrected chi connectivity index (χ2v) is 8.41. The van der Waals surface area contributed by atoms with Crippen molar-refractivity contribution in [2.24, 2.45) is 0 Å². The highest BCUT2D eigenvalue weighted by molar-refractivity contribution is 7.09. The first-order valence-electron chi connectivity index (χ1n) is 8.42. The minimum Gasteiger partial charge on any atom is -0.344 e. The molecular formula is C17H25N3O2S. The zero-order valence-electron chi connectivity index (χ0n) is 14.1. The Bertz CT molecular complexity index is 605. The monoisotopic (exact) mass is 335 g/mol. The van der Waals surface area contributed by atoms with Crippen molar-refractivity contribution in [2.75, 3.05) is 6.54 Å². The van der Waals surface area contributed by atoms with E-state index in [0.717, 1.165) is 36.5 Å². The van der Waals surface area contributed by atoms with Gasteiger partial charge in [0.15, 0.2) is 0 Å². The molecule has 2 atom stereocenters. The van der Waals surface area contributed by atoms with Gasteiger partial charge in [-0.25, -0.2) is 4.98 Å². The number of hydrogen-bond donors (Lipinski definition) is 1. The molecular weight excluding hydrogens is 310 g/mol. The Balaban J connectivity index is 1.80. The number of nitrogens with zero attached hydrogens (tertiary/aromatic N) is 2. The van der Waals surface area contributed by atoms with Gasteiger partial charge in [0.1, 0.15) is 11.0 Å². The van der Waals surface area contributed by atoms with E-state index in [1.54, 1.807) is 11.3 Å². The zero-order chi connectivity index (χ0) is 16.6. The number of hydrogen-bond acceptors (Lipinski definition) is 4. The van der Waals surface area contributed by atoms with Crippen LogP contribution in [0.4, 0.5) is 0 Å². The fraction of sp³-hybridized carbons (Fsp3) is 0.706. The molecule has 1 N–H and O–H groups in total. The van der Waals surface area contributed by atoms with E-state index < -0.39 is 0 Å². The third kappa shape index (κ3) is 3.42. The van der Waals surface area contributed by atoms with Gasteiger partial charge in [-0.2, -0.15) is 0 Å². The largest absolute Gasteiger partial charge is 0.344 e. The molecule has 0 bridgehead atoms. The highest BCUT2D eigenvalue weighted by Gasteiger charge is 2.37. The molecule has 0 unspecified atom stereocenters. The van der Waals surface area contributed by atoms with Crippen LogP contribution in [0.15, 0.2) is 5.38 Å². The molecule has 5 nitrogen and oxygen atoms in total. The van der Waals surface area contributed by atoms with Crippen molar-refractivity contribution in [3.05, 3.63) is 16.1 Å². The van der Waals surface area contributed by atoms with E-state index in [9.17, 15) is 9.59 Å². The minimum atomic E-state index is -0.342. The van der Waals surface area contributed by atoms with Crippen molar-refractivity contribution in [1.29, 1.82) is 0 Å². The Kier molecular flexibility index (Phi) is 4.45. The van der Waals surface area contributed by atoms with E-state index in [2.05, 4.69) is 31.5 Å². The number of rotatable bonds is 2. The van der Waals surface area contributed by atoms with Gasteiger partial charge in [0.25, 0.3) is 0 Å². The molecule has 3 heterocycles. The molecule has 0 spiro atoms. The van der Waals surface area contributed by atoms with Gasteiger partial charge in [-0.3, -0.25) is 9.59 Å². The summed E-state index contributed by atoms with van der Waals surface area (Å²) < 4.78 is 0. The molecule has 2 saturated heterocycles. The maximum Gasteiger partial charge on any atom is 0.245 e. The smallest absolute Gasteiger partial charge is 0.245 e. The van der Waals surface area contributed by atoms with Crippen molar-refractivity contribution >= 4 is 23.2 Å². The molecule has 0 saturated carbocycles. The standard InChI is InChI=1S/C17H25N3O2S/c1-17(2,3)13-10-23-15(19-13)12-6-4-5-9-20(12)16(22)11-7-8-14(21)18-11/h10-12H,4-9H2,1-3H3,(H,18,21)/t11-,12+/m0/s1. The van der Waals surface area contributed by atoms with E-state index in [1.807, 2.05) is 4.90 Å². The van der Waals surface area contributed by atoms with Gasteiger partial charge in [-0.15, -0.1) is 11.3 Å². The van der Waals surface area contributed by atoms with Crippen molar-refractivity contribution in [3.63, 3.8) is 0 Å². The van der Waals surface area contributed by atoms with Crippen molar-refractivity contribution < 1.29 is 9.59 Å². The predicted molar refractivity (Wildman–Crippen MR) is 90.3 cm³/mol. The minimum absolute atomic E-state index is 0.0128. The fourth-order valence-electron chi connectivity index (χ4n) is 3.24. The van der Waals surface area contributed by atoms with Crippen molar-refractivity contribution in [2.45, 2.75) is 70.4 Å². The lowest BCUT2D eigenvalue weighted by Crippen LogP contribution is -2.47. The molecule has 2 amide bonds. The van der Waals surface area contributed by atoms with Crippen LogP contribution in [0.1, 0.15) is 69.6 Å². The van der Waals surface area contributed by atoms with Crippen LogP contribution in [0.5, 0.6) is 0 Å². The summed E-state index contributed by atoms with van der Waals surface area (Å²) in [6, 6.07) is -0.278. The predicted octanol–water partition coefficient (Wildman–Crippen LogP) is 2.77. The summed E-state index contributed by atoms with van der Waals surface area (Å²) in [4.78, 5) is 31.0. The van der Waals surface area contributed by atoms with Crippen LogP contribution < -0.4 is 5.32 Å². The molecule has 0 radical (unpaired) electrons. The molecule has 2 fully saturated rings. The summed E-state index contributed by atoms with van der Waals surface area (Å²) in [5, 5.41) is 5.95.